The molecule has 106 valence electrons. The average molecular weight is 334 g/mol. The molecule has 4 nitrogen and oxygen atoms in total. The van der Waals surface area contributed by atoms with Gasteiger partial charge in [-0.25, -0.2) is 4.39 Å². The minimum atomic E-state index is -0.839. The molecule has 1 aromatic carbocycles. The molecule has 0 aliphatic rings. The fourth-order valence-corrected chi connectivity index (χ4v) is 1.95. The van der Waals surface area contributed by atoms with E-state index in [0.29, 0.717) is 12.2 Å². The van der Waals surface area contributed by atoms with Crippen molar-refractivity contribution in [1.82, 2.24) is 5.32 Å². The van der Waals surface area contributed by atoms with Gasteiger partial charge in [-0.1, -0.05) is 15.9 Å². The quantitative estimate of drug-likeness (QED) is 0.749. The number of nitrogens with one attached hydrogen (secondary N) is 1. The van der Waals surface area contributed by atoms with Crippen molar-refractivity contribution in [3.8, 4) is 0 Å². The average Bonchev–Trinajstić information content (AvgIpc) is 2.33. The summed E-state index contributed by atoms with van der Waals surface area (Å²) in [6.07, 6.45) is -0.906. The Bertz CT molecular complexity index is 428. The van der Waals surface area contributed by atoms with E-state index < -0.39 is 12.1 Å². The van der Waals surface area contributed by atoms with Gasteiger partial charge in [-0.3, -0.25) is 4.79 Å². The predicted octanol–water partition coefficient (Wildman–Crippen LogP) is 1.99. The molecule has 0 bridgehead atoms. The number of ether oxygens (including phenoxy) is 1. The van der Waals surface area contributed by atoms with Gasteiger partial charge in [0.2, 0.25) is 0 Å². The van der Waals surface area contributed by atoms with Crippen LogP contribution in [0.5, 0.6) is 0 Å². The normalized spacial score (nSPS) is 12.2. The molecule has 19 heavy (non-hydrogen) atoms. The van der Waals surface area contributed by atoms with Crippen molar-refractivity contribution in [2.45, 2.75) is 26.0 Å². The van der Waals surface area contributed by atoms with Crippen molar-refractivity contribution in [3.63, 3.8) is 0 Å². The molecule has 0 spiro atoms. The monoisotopic (exact) mass is 333 g/mol. The van der Waals surface area contributed by atoms with Gasteiger partial charge in [0.15, 0.2) is 0 Å². The first-order valence-corrected chi connectivity index (χ1v) is 6.80. The van der Waals surface area contributed by atoms with Gasteiger partial charge in [0.05, 0.1) is 19.1 Å². The third-order valence-corrected chi connectivity index (χ3v) is 2.90. The summed E-state index contributed by atoms with van der Waals surface area (Å²) in [7, 11) is 0. The Hall–Kier alpha value is -0.980. The maximum absolute atomic E-state index is 13.4. The molecule has 2 N–H and O–H groups in total. The highest BCUT2D eigenvalue weighted by Crippen LogP contribution is 2.15. The smallest absolute Gasteiger partial charge is 0.308 e. The van der Waals surface area contributed by atoms with Crippen LogP contribution in [0.15, 0.2) is 22.7 Å². The lowest BCUT2D eigenvalue weighted by Crippen LogP contribution is -2.29. The number of esters is 1. The summed E-state index contributed by atoms with van der Waals surface area (Å²) in [4.78, 5) is 11.1. The first-order chi connectivity index (χ1) is 9.02. The minimum Gasteiger partial charge on any atom is -0.466 e. The van der Waals surface area contributed by atoms with Gasteiger partial charge in [-0.05, 0) is 25.1 Å². The SMILES string of the molecule is CCOC(=O)CC(O)CNCc1cc(Br)ccc1F. The molecule has 0 saturated heterocycles. The molecule has 6 heteroatoms. The number of aliphatic hydroxyl groups excluding tert-OH is 1. The lowest BCUT2D eigenvalue weighted by molar-refractivity contribution is -0.145. The molecule has 0 aromatic heterocycles. The zero-order valence-corrected chi connectivity index (χ0v) is 12.2. The molecule has 0 radical (unpaired) electrons. The second-order valence-electron chi connectivity index (χ2n) is 4.03. The Balaban J connectivity index is 2.33. The predicted molar refractivity (Wildman–Crippen MR) is 73.1 cm³/mol. The summed E-state index contributed by atoms with van der Waals surface area (Å²) in [5.74, 6) is -0.749. The van der Waals surface area contributed by atoms with Crippen LogP contribution in [-0.2, 0) is 16.1 Å². The molecule has 1 atom stereocenters. The number of carbonyl (C=O) groups excluding carboxylic acids is 1. The number of halogens is 2. The van der Waals surface area contributed by atoms with Gasteiger partial charge in [0.1, 0.15) is 5.82 Å². The molecule has 0 aliphatic carbocycles. The van der Waals surface area contributed by atoms with Crippen molar-refractivity contribution >= 4 is 21.9 Å². The van der Waals surface area contributed by atoms with E-state index in [0.717, 1.165) is 4.47 Å². The van der Waals surface area contributed by atoms with E-state index >= 15 is 0 Å². The van der Waals surface area contributed by atoms with Gasteiger partial charge in [-0.15, -0.1) is 0 Å². The topological polar surface area (TPSA) is 58.6 Å². The molecule has 0 fully saturated rings. The maximum Gasteiger partial charge on any atom is 0.308 e. The van der Waals surface area contributed by atoms with Gasteiger partial charge >= 0.3 is 5.97 Å². The van der Waals surface area contributed by atoms with E-state index in [4.69, 9.17) is 4.74 Å². The number of rotatable bonds is 7. The van der Waals surface area contributed by atoms with Crippen molar-refractivity contribution in [2.24, 2.45) is 0 Å². The second kappa shape index (κ2) is 8.24. The van der Waals surface area contributed by atoms with E-state index in [1.807, 2.05) is 0 Å². The van der Waals surface area contributed by atoms with Crippen LogP contribution in [0.2, 0.25) is 0 Å². The summed E-state index contributed by atoms with van der Waals surface area (Å²) >= 11 is 3.26. The molecule has 0 heterocycles. The van der Waals surface area contributed by atoms with E-state index in [2.05, 4.69) is 21.2 Å². The first-order valence-electron chi connectivity index (χ1n) is 6.01. The summed E-state index contributed by atoms with van der Waals surface area (Å²) in [6, 6.07) is 4.66. The molecular formula is C13H17BrFNO3. The van der Waals surface area contributed by atoms with E-state index in [9.17, 15) is 14.3 Å². The second-order valence-corrected chi connectivity index (χ2v) is 4.95. The van der Waals surface area contributed by atoms with Crippen LogP contribution in [0.1, 0.15) is 18.9 Å². The Morgan fingerprint density at radius 3 is 3.00 bits per heavy atom. The number of hydrogen-bond donors (Lipinski definition) is 2. The fraction of sp³-hybridized carbons (Fsp3) is 0.462. The molecular weight excluding hydrogens is 317 g/mol. The lowest BCUT2D eigenvalue weighted by atomic mass is 10.2. The number of hydrogen-bond acceptors (Lipinski definition) is 4. The number of aliphatic hydroxyl groups is 1. The van der Waals surface area contributed by atoms with Crippen LogP contribution < -0.4 is 5.32 Å². The lowest BCUT2D eigenvalue weighted by Gasteiger charge is -2.11. The highest BCUT2D eigenvalue weighted by Gasteiger charge is 2.11. The Morgan fingerprint density at radius 1 is 1.58 bits per heavy atom. The van der Waals surface area contributed by atoms with E-state index in [1.54, 1.807) is 19.1 Å². The summed E-state index contributed by atoms with van der Waals surface area (Å²) in [6.45, 7) is 2.48. The molecule has 1 unspecified atom stereocenters. The molecule has 0 aliphatic heterocycles. The highest BCUT2D eigenvalue weighted by atomic mass is 79.9. The van der Waals surface area contributed by atoms with Crippen molar-refractivity contribution in [1.29, 1.82) is 0 Å². The minimum absolute atomic E-state index is 0.0677. The zero-order chi connectivity index (χ0) is 14.3. The molecule has 0 saturated carbocycles. The van der Waals surface area contributed by atoms with Gasteiger partial charge in [-0.2, -0.15) is 0 Å². The van der Waals surface area contributed by atoms with Crippen LogP contribution >= 0.6 is 15.9 Å². The Morgan fingerprint density at radius 2 is 2.32 bits per heavy atom. The Labute approximate surface area is 120 Å². The fourth-order valence-electron chi connectivity index (χ4n) is 1.54. The molecule has 0 amide bonds. The van der Waals surface area contributed by atoms with Crippen LogP contribution in [0.3, 0.4) is 0 Å². The van der Waals surface area contributed by atoms with Gasteiger partial charge in [0, 0.05) is 23.1 Å². The van der Waals surface area contributed by atoms with Crippen molar-refractivity contribution in [3.05, 3.63) is 34.1 Å². The molecule has 1 rings (SSSR count). The van der Waals surface area contributed by atoms with Crippen LogP contribution in [0, 0.1) is 5.82 Å². The van der Waals surface area contributed by atoms with Crippen LogP contribution in [-0.4, -0.2) is 30.3 Å². The largest absolute Gasteiger partial charge is 0.466 e. The van der Waals surface area contributed by atoms with Crippen molar-refractivity contribution < 1.29 is 19.0 Å². The van der Waals surface area contributed by atoms with Gasteiger partial charge < -0.3 is 15.2 Å². The highest BCUT2D eigenvalue weighted by molar-refractivity contribution is 9.10. The van der Waals surface area contributed by atoms with E-state index in [-0.39, 0.29) is 25.3 Å². The van der Waals surface area contributed by atoms with Crippen LogP contribution in [0.4, 0.5) is 4.39 Å². The summed E-state index contributed by atoms with van der Waals surface area (Å²) in [5.41, 5.74) is 0.498. The third-order valence-electron chi connectivity index (χ3n) is 2.41. The first kappa shape index (κ1) is 16.1. The zero-order valence-electron chi connectivity index (χ0n) is 10.7. The molecule has 1 aromatic rings. The maximum atomic E-state index is 13.4. The summed E-state index contributed by atoms with van der Waals surface area (Å²) in [5, 5.41) is 12.5. The Kier molecular flexibility index (Phi) is 6.97. The van der Waals surface area contributed by atoms with Crippen LogP contribution in [0.25, 0.3) is 0 Å². The van der Waals surface area contributed by atoms with E-state index in [1.165, 1.54) is 6.07 Å². The number of carbonyl (C=O) groups is 1. The summed E-state index contributed by atoms with van der Waals surface area (Å²) < 4.78 is 18.9. The number of benzene rings is 1. The van der Waals surface area contributed by atoms with Gasteiger partial charge in [0.25, 0.3) is 0 Å². The van der Waals surface area contributed by atoms with Crippen molar-refractivity contribution in [2.75, 3.05) is 13.2 Å². The standard InChI is InChI=1S/C13H17BrFNO3/c1-2-19-13(18)6-11(17)8-16-7-9-5-10(14)3-4-12(9)15/h3-5,11,16-17H,2,6-8H2,1H3. The third kappa shape index (κ3) is 6.13.